The van der Waals surface area contributed by atoms with Crippen LogP contribution in [0.25, 0.3) is 0 Å². The quantitative estimate of drug-likeness (QED) is 0.790. The molecule has 0 saturated heterocycles. The van der Waals surface area contributed by atoms with Crippen molar-refractivity contribution in [1.82, 2.24) is 0 Å². The Kier molecular flexibility index (Phi) is 3.73. The molecule has 0 heterocycles. The summed E-state index contributed by atoms with van der Waals surface area (Å²) in [6.07, 6.45) is 12.5. The third kappa shape index (κ3) is 2.19. The maximum atomic E-state index is 12.4. The van der Waals surface area contributed by atoms with Crippen molar-refractivity contribution in [3.63, 3.8) is 0 Å². The number of carbonyl (C=O) groups is 1. The molecule has 1 unspecified atom stereocenters. The fraction of sp³-hybridized carbons (Fsp3) is 0.850. The Morgan fingerprint density at radius 1 is 1.22 bits per heavy atom. The van der Waals surface area contributed by atoms with Gasteiger partial charge in [-0.3, -0.25) is 4.79 Å². The number of carbonyl (C=O) groups excluding carboxylic acids is 1. The van der Waals surface area contributed by atoms with Gasteiger partial charge in [0.1, 0.15) is 6.79 Å². The summed E-state index contributed by atoms with van der Waals surface area (Å²) in [6.45, 7) is 4.57. The highest BCUT2D eigenvalue weighted by Gasteiger charge is 2.59. The van der Waals surface area contributed by atoms with E-state index < -0.39 is 0 Å². The van der Waals surface area contributed by atoms with E-state index in [4.69, 9.17) is 9.84 Å². The second kappa shape index (κ2) is 5.42. The molecule has 4 aliphatic carbocycles. The molecule has 23 heavy (non-hydrogen) atoms. The van der Waals surface area contributed by atoms with E-state index in [0.717, 1.165) is 31.1 Å². The SMILES string of the molecule is C[C@]12CC[C@H](OCO)CC1CC[C@@H]1[C@@H]2CC[C@]2(C)C(=O)C=C[C@@H]12. The molecular weight excluding hydrogens is 288 g/mol. The summed E-state index contributed by atoms with van der Waals surface area (Å²) in [5, 5.41) is 9.06. The number of fused-ring (bicyclic) bond motifs is 5. The molecule has 0 bridgehead atoms. The van der Waals surface area contributed by atoms with Crippen molar-refractivity contribution in [3.05, 3.63) is 12.2 Å². The van der Waals surface area contributed by atoms with Gasteiger partial charge >= 0.3 is 0 Å². The first-order valence-electron chi connectivity index (χ1n) is 9.44. The minimum absolute atomic E-state index is 0.110. The average Bonchev–Trinajstić information content (AvgIpc) is 2.84. The Balaban J connectivity index is 1.57. The number of ketones is 1. The molecule has 7 atom stereocenters. The van der Waals surface area contributed by atoms with Gasteiger partial charge in [-0.25, -0.2) is 0 Å². The van der Waals surface area contributed by atoms with E-state index in [1.165, 1.54) is 25.7 Å². The topological polar surface area (TPSA) is 46.5 Å². The van der Waals surface area contributed by atoms with Gasteiger partial charge in [0.2, 0.25) is 0 Å². The van der Waals surface area contributed by atoms with Crippen molar-refractivity contribution in [1.29, 1.82) is 0 Å². The monoisotopic (exact) mass is 318 g/mol. The summed E-state index contributed by atoms with van der Waals surface area (Å²) in [4.78, 5) is 12.4. The molecule has 1 N–H and O–H groups in total. The van der Waals surface area contributed by atoms with Gasteiger partial charge in [-0.05, 0) is 80.1 Å². The average molecular weight is 318 g/mol. The van der Waals surface area contributed by atoms with Crippen LogP contribution in [0.15, 0.2) is 12.2 Å². The van der Waals surface area contributed by atoms with Crippen LogP contribution in [0.4, 0.5) is 0 Å². The Bertz CT molecular complexity index is 527. The highest BCUT2D eigenvalue weighted by molar-refractivity contribution is 5.97. The first-order chi connectivity index (χ1) is 11.0. The summed E-state index contributed by atoms with van der Waals surface area (Å²) in [5.41, 5.74) is 0.292. The number of allylic oxidation sites excluding steroid dienone is 2. The second-order valence-electron chi connectivity index (χ2n) is 8.95. The van der Waals surface area contributed by atoms with Crippen LogP contribution in [0.5, 0.6) is 0 Å². The Labute approximate surface area is 139 Å². The number of aliphatic hydroxyl groups is 1. The van der Waals surface area contributed by atoms with Crippen molar-refractivity contribution in [3.8, 4) is 0 Å². The molecule has 0 aromatic rings. The number of ether oxygens (including phenoxy) is 1. The van der Waals surface area contributed by atoms with Crippen molar-refractivity contribution in [2.75, 3.05) is 6.79 Å². The summed E-state index contributed by atoms with van der Waals surface area (Å²) in [6, 6.07) is 0. The molecule has 3 saturated carbocycles. The molecule has 0 amide bonds. The third-order valence-electron chi connectivity index (χ3n) is 8.20. The maximum absolute atomic E-state index is 12.4. The minimum atomic E-state index is -0.145. The Hall–Kier alpha value is -0.670. The van der Waals surface area contributed by atoms with Crippen LogP contribution in [0.2, 0.25) is 0 Å². The summed E-state index contributed by atoms with van der Waals surface area (Å²) < 4.78 is 5.51. The van der Waals surface area contributed by atoms with Gasteiger partial charge in [-0.1, -0.05) is 19.9 Å². The minimum Gasteiger partial charge on any atom is -0.371 e. The molecule has 0 aromatic heterocycles. The van der Waals surface area contributed by atoms with Crippen LogP contribution < -0.4 is 0 Å². The van der Waals surface area contributed by atoms with Gasteiger partial charge in [0.05, 0.1) is 6.10 Å². The fourth-order valence-corrected chi connectivity index (χ4v) is 6.75. The van der Waals surface area contributed by atoms with E-state index >= 15 is 0 Å². The zero-order chi connectivity index (χ0) is 16.2. The molecule has 0 aliphatic heterocycles. The second-order valence-corrected chi connectivity index (χ2v) is 8.95. The van der Waals surface area contributed by atoms with Crippen molar-refractivity contribution in [2.24, 2.45) is 34.5 Å². The molecule has 0 radical (unpaired) electrons. The molecular formula is C20H30O3. The first-order valence-corrected chi connectivity index (χ1v) is 9.44. The lowest BCUT2D eigenvalue weighted by atomic mass is 9.45. The molecule has 4 rings (SSSR count). The van der Waals surface area contributed by atoms with Gasteiger partial charge in [0.15, 0.2) is 5.78 Å². The van der Waals surface area contributed by atoms with Crippen LogP contribution in [-0.2, 0) is 9.53 Å². The molecule has 4 aliphatic rings. The van der Waals surface area contributed by atoms with Crippen LogP contribution in [0.1, 0.15) is 58.8 Å². The van der Waals surface area contributed by atoms with E-state index in [-0.39, 0.29) is 18.3 Å². The van der Waals surface area contributed by atoms with Gasteiger partial charge in [0, 0.05) is 5.41 Å². The zero-order valence-corrected chi connectivity index (χ0v) is 14.5. The molecule has 0 spiro atoms. The number of aliphatic hydroxyl groups excluding tert-OH is 1. The van der Waals surface area contributed by atoms with Gasteiger partial charge in [-0.15, -0.1) is 0 Å². The zero-order valence-electron chi connectivity index (χ0n) is 14.5. The molecule has 3 nitrogen and oxygen atoms in total. The van der Waals surface area contributed by atoms with E-state index in [2.05, 4.69) is 19.9 Å². The van der Waals surface area contributed by atoms with E-state index in [9.17, 15) is 4.79 Å². The molecule has 3 fully saturated rings. The first kappa shape index (κ1) is 15.8. The van der Waals surface area contributed by atoms with Crippen molar-refractivity contribution >= 4 is 5.78 Å². The van der Waals surface area contributed by atoms with Crippen LogP contribution >= 0.6 is 0 Å². The summed E-state index contributed by atoms with van der Waals surface area (Å²) >= 11 is 0. The maximum Gasteiger partial charge on any atom is 0.161 e. The van der Waals surface area contributed by atoms with Gasteiger partial charge in [-0.2, -0.15) is 0 Å². The van der Waals surface area contributed by atoms with Gasteiger partial charge in [0.25, 0.3) is 0 Å². The standard InChI is InChI=1S/C20H30O3/c1-19-9-7-14(23-12-21)11-13(19)3-4-15-16-5-6-18(22)20(16,2)10-8-17(15)19/h5-6,13-17,21H,3-4,7-12H2,1-2H3/t13?,14-,15-,16-,17-,19-,20-/m0/s1. The molecule has 128 valence electrons. The molecule has 3 heteroatoms. The highest BCUT2D eigenvalue weighted by Crippen LogP contribution is 2.64. The van der Waals surface area contributed by atoms with Crippen LogP contribution in [0.3, 0.4) is 0 Å². The lowest BCUT2D eigenvalue weighted by Gasteiger charge is -2.60. The Morgan fingerprint density at radius 2 is 2.04 bits per heavy atom. The predicted molar refractivity (Wildman–Crippen MR) is 88.6 cm³/mol. The number of hydrogen-bond acceptors (Lipinski definition) is 3. The van der Waals surface area contributed by atoms with Crippen molar-refractivity contribution in [2.45, 2.75) is 64.9 Å². The van der Waals surface area contributed by atoms with Crippen LogP contribution in [0, 0.1) is 34.5 Å². The third-order valence-corrected chi connectivity index (χ3v) is 8.20. The Morgan fingerprint density at radius 3 is 2.83 bits per heavy atom. The smallest absolute Gasteiger partial charge is 0.161 e. The number of rotatable bonds is 2. The lowest BCUT2D eigenvalue weighted by Crippen LogP contribution is -2.54. The summed E-state index contributed by atoms with van der Waals surface area (Å²) in [5.74, 6) is 3.00. The van der Waals surface area contributed by atoms with Gasteiger partial charge < -0.3 is 9.84 Å². The van der Waals surface area contributed by atoms with E-state index in [1.807, 2.05) is 6.08 Å². The van der Waals surface area contributed by atoms with E-state index in [1.54, 1.807) is 0 Å². The summed E-state index contributed by atoms with van der Waals surface area (Å²) in [7, 11) is 0. The van der Waals surface area contributed by atoms with Crippen molar-refractivity contribution < 1.29 is 14.6 Å². The lowest BCUT2D eigenvalue weighted by molar-refractivity contribution is -0.149. The number of hydrogen-bond donors (Lipinski definition) is 1. The highest BCUT2D eigenvalue weighted by atomic mass is 16.6. The predicted octanol–water partition coefficient (Wildman–Crippen LogP) is 3.71. The normalized spacial score (nSPS) is 52.0. The largest absolute Gasteiger partial charge is 0.371 e. The van der Waals surface area contributed by atoms with Crippen LogP contribution in [-0.4, -0.2) is 23.8 Å². The molecule has 0 aromatic carbocycles. The fourth-order valence-electron chi connectivity index (χ4n) is 6.75. The van der Waals surface area contributed by atoms with E-state index in [0.29, 0.717) is 23.0 Å².